The molecule has 0 bridgehead atoms. The summed E-state index contributed by atoms with van der Waals surface area (Å²) >= 11 is 0. The highest BCUT2D eigenvalue weighted by Crippen LogP contribution is 2.18. The molecule has 2 aromatic rings. The third-order valence-electron chi connectivity index (χ3n) is 2.94. The van der Waals surface area contributed by atoms with Gasteiger partial charge < -0.3 is 0 Å². The molecule has 96 valence electrons. The molecule has 0 saturated carbocycles. The van der Waals surface area contributed by atoms with E-state index in [9.17, 15) is 14.4 Å². The summed E-state index contributed by atoms with van der Waals surface area (Å²) in [6.07, 6.45) is 2.56. The lowest BCUT2D eigenvalue weighted by atomic mass is 10.3. The number of aromatic nitrogens is 2. The average molecular weight is 258 g/mol. The molecule has 0 aromatic carbocycles. The van der Waals surface area contributed by atoms with Crippen molar-refractivity contribution in [3.63, 3.8) is 0 Å². The maximum Gasteiger partial charge on any atom is 0.329 e. The van der Waals surface area contributed by atoms with Crippen LogP contribution in [0.5, 0.6) is 0 Å². The Kier molecular flexibility index (Phi) is 2.52. The normalized spacial score (nSPS) is 15.7. The molecule has 1 aliphatic heterocycles. The van der Waals surface area contributed by atoms with Crippen LogP contribution in [0.1, 0.15) is 16.8 Å². The predicted octanol–water partition coefficient (Wildman–Crippen LogP) is 0.593. The zero-order valence-electron chi connectivity index (χ0n) is 9.87. The topological polar surface area (TPSA) is 83.8 Å². The Morgan fingerprint density at radius 3 is 2.89 bits per heavy atom. The molecule has 2 aromatic heterocycles. The summed E-state index contributed by atoms with van der Waals surface area (Å²) in [4.78, 5) is 34.9. The van der Waals surface area contributed by atoms with Crippen LogP contribution in [0, 0.1) is 0 Å². The third kappa shape index (κ3) is 1.95. The van der Waals surface area contributed by atoms with Gasteiger partial charge >= 0.3 is 6.03 Å². The maximum atomic E-state index is 11.7. The summed E-state index contributed by atoms with van der Waals surface area (Å²) in [5, 5.41) is 6.47. The molecule has 7 heteroatoms. The average Bonchev–Trinajstić information content (AvgIpc) is 2.80. The van der Waals surface area contributed by atoms with Crippen molar-refractivity contribution in [2.45, 2.75) is 6.42 Å². The van der Waals surface area contributed by atoms with Crippen molar-refractivity contribution in [1.29, 1.82) is 0 Å². The van der Waals surface area contributed by atoms with Gasteiger partial charge in [0, 0.05) is 30.8 Å². The van der Waals surface area contributed by atoms with Gasteiger partial charge in [0.1, 0.15) is 0 Å². The van der Waals surface area contributed by atoms with E-state index in [1.807, 2.05) is 0 Å². The molecule has 3 rings (SSSR count). The fraction of sp³-hybridized carbons (Fsp3) is 0.167. The summed E-state index contributed by atoms with van der Waals surface area (Å²) in [5.74, 6) is 0.168. The van der Waals surface area contributed by atoms with Crippen molar-refractivity contribution in [3.05, 3.63) is 30.0 Å². The number of pyridine rings is 1. The van der Waals surface area contributed by atoms with Gasteiger partial charge in [0.2, 0.25) is 5.91 Å². The second-order valence-electron chi connectivity index (χ2n) is 4.21. The van der Waals surface area contributed by atoms with E-state index in [2.05, 4.69) is 10.4 Å². The van der Waals surface area contributed by atoms with E-state index in [4.69, 9.17) is 0 Å². The summed E-state index contributed by atoms with van der Waals surface area (Å²) < 4.78 is 1.53. The molecule has 0 spiro atoms. The van der Waals surface area contributed by atoms with Crippen molar-refractivity contribution in [1.82, 2.24) is 14.9 Å². The number of fused-ring (bicyclic) bond motifs is 1. The van der Waals surface area contributed by atoms with Gasteiger partial charge in [-0.2, -0.15) is 0 Å². The van der Waals surface area contributed by atoms with Crippen molar-refractivity contribution >= 4 is 29.6 Å². The Hall–Kier alpha value is -2.70. The molecule has 0 unspecified atom stereocenters. The van der Waals surface area contributed by atoms with Crippen LogP contribution in [0.4, 0.5) is 10.6 Å². The van der Waals surface area contributed by atoms with E-state index in [-0.39, 0.29) is 12.3 Å². The Balaban J connectivity index is 1.99. The quantitative estimate of drug-likeness (QED) is 0.799. The summed E-state index contributed by atoms with van der Waals surface area (Å²) in [5.41, 5.74) is 1.27. The highest BCUT2D eigenvalue weighted by atomic mass is 16.2. The van der Waals surface area contributed by atoms with Gasteiger partial charge in [-0.3, -0.25) is 19.8 Å². The number of imide groups is 1. The predicted molar refractivity (Wildman–Crippen MR) is 66.1 cm³/mol. The number of nitrogens with one attached hydrogen (secondary N) is 1. The first-order valence-electron chi connectivity index (χ1n) is 5.73. The first kappa shape index (κ1) is 11.4. The van der Waals surface area contributed by atoms with Crippen LogP contribution < -0.4 is 10.2 Å². The molecule has 1 saturated heterocycles. The van der Waals surface area contributed by atoms with Crippen LogP contribution in [0.3, 0.4) is 0 Å². The number of nitrogens with zero attached hydrogens (tertiary/aromatic N) is 3. The van der Waals surface area contributed by atoms with E-state index in [0.717, 1.165) is 11.8 Å². The largest absolute Gasteiger partial charge is 0.329 e. The number of carbonyl (C=O) groups is 3. The fourth-order valence-electron chi connectivity index (χ4n) is 1.97. The molecule has 19 heavy (non-hydrogen) atoms. The van der Waals surface area contributed by atoms with Crippen molar-refractivity contribution in [3.8, 4) is 0 Å². The first-order valence-corrected chi connectivity index (χ1v) is 5.73. The van der Waals surface area contributed by atoms with E-state index in [0.29, 0.717) is 17.9 Å². The van der Waals surface area contributed by atoms with Gasteiger partial charge in [0.25, 0.3) is 0 Å². The van der Waals surface area contributed by atoms with E-state index < -0.39 is 6.03 Å². The molecule has 3 heterocycles. The van der Waals surface area contributed by atoms with E-state index >= 15 is 0 Å². The van der Waals surface area contributed by atoms with Crippen LogP contribution in [0.15, 0.2) is 24.4 Å². The number of hydrogen-bond acceptors (Lipinski definition) is 4. The molecule has 7 nitrogen and oxygen atoms in total. The van der Waals surface area contributed by atoms with Crippen molar-refractivity contribution in [2.24, 2.45) is 0 Å². The van der Waals surface area contributed by atoms with Crippen molar-refractivity contribution in [2.75, 3.05) is 11.4 Å². The molecule has 1 aliphatic rings. The Bertz CT molecular complexity index is 691. The Morgan fingerprint density at radius 2 is 2.16 bits per heavy atom. The van der Waals surface area contributed by atoms with Gasteiger partial charge in [0.05, 0.1) is 5.52 Å². The molecule has 0 atom stereocenters. The number of amides is 3. The monoisotopic (exact) mass is 258 g/mol. The third-order valence-corrected chi connectivity index (χ3v) is 2.94. The fourth-order valence-corrected chi connectivity index (χ4v) is 1.97. The Morgan fingerprint density at radius 1 is 1.32 bits per heavy atom. The number of anilines is 1. The molecule has 0 radical (unpaired) electrons. The molecular weight excluding hydrogens is 248 g/mol. The van der Waals surface area contributed by atoms with Gasteiger partial charge in [-0.25, -0.2) is 9.31 Å². The Labute approximate surface area is 107 Å². The maximum absolute atomic E-state index is 11.7. The minimum Gasteiger partial charge on any atom is -0.298 e. The van der Waals surface area contributed by atoms with E-state index in [1.165, 1.54) is 9.42 Å². The summed E-state index contributed by atoms with van der Waals surface area (Å²) in [6, 6.07) is 4.67. The summed E-state index contributed by atoms with van der Waals surface area (Å²) in [7, 11) is 0. The number of aldehydes is 1. The zero-order valence-corrected chi connectivity index (χ0v) is 9.87. The highest BCUT2D eigenvalue weighted by molar-refractivity contribution is 6.05. The van der Waals surface area contributed by atoms with Crippen LogP contribution in [0.25, 0.3) is 5.52 Å². The SMILES string of the molecule is O=Cc1ccc2cc(N3CCC(=O)NC3=O)nn2c1. The molecule has 3 amide bonds. The van der Waals surface area contributed by atoms with Crippen LogP contribution in [-0.4, -0.2) is 34.4 Å². The van der Waals surface area contributed by atoms with Gasteiger partial charge in [-0.15, -0.1) is 5.10 Å². The number of hydrogen-bond donors (Lipinski definition) is 1. The first-order chi connectivity index (χ1) is 9.17. The number of rotatable bonds is 2. The second-order valence-corrected chi connectivity index (χ2v) is 4.21. The standard InChI is InChI=1S/C12H10N4O3/c17-7-8-1-2-9-5-10(14-16(9)6-8)15-4-3-11(18)13-12(15)19/h1-2,5-7H,3-4H2,(H,13,18,19). The van der Waals surface area contributed by atoms with Crippen LogP contribution >= 0.6 is 0 Å². The van der Waals surface area contributed by atoms with Crippen LogP contribution in [0.2, 0.25) is 0 Å². The molecule has 1 N–H and O–H groups in total. The molecular formula is C12H10N4O3. The zero-order chi connectivity index (χ0) is 13.4. The second kappa shape index (κ2) is 4.20. The highest BCUT2D eigenvalue weighted by Gasteiger charge is 2.25. The number of carbonyl (C=O) groups excluding carboxylic acids is 3. The van der Waals surface area contributed by atoms with Gasteiger partial charge in [0.15, 0.2) is 12.1 Å². The lowest BCUT2D eigenvalue weighted by Gasteiger charge is -2.23. The minimum atomic E-state index is -0.477. The smallest absolute Gasteiger partial charge is 0.298 e. The van der Waals surface area contributed by atoms with Gasteiger partial charge in [-0.1, -0.05) is 0 Å². The lowest BCUT2D eigenvalue weighted by Crippen LogP contribution is -2.49. The van der Waals surface area contributed by atoms with Crippen LogP contribution in [-0.2, 0) is 4.79 Å². The van der Waals surface area contributed by atoms with Crippen molar-refractivity contribution < 1.29 is 14.4 Å². The number of urea groups is 1. The molecule has 1 fully saturated rings. The minimum absolute atomic E-state index is 0.249. The molecule has 0 aliphatic carbocycles. The lowest BCUT2D eigenvalue weighted by molar-refractivity contribution is -0.120. The summed E-state index contributed by atoms with van der Waals surface area (Å²) in [6.45, 7) is 0.301. The van der Waals surface area contributed by atoms with E-state index in [1.54, 1.807) is 24.4 Å². The van der Waals surface area contributed by atoms with Gasteiger partial charge in [-0.05, 0) is 12.1 Å².